The van der Waals surface area contributed by atoms with Crippen molar-refractivity contribution in [3.63, 3.8) is 0 Å². The second kappa shape index (κ2) is 6.42. The van der Waals surface area contributed by atoms with Crippen molar-refractivity contribution < 1.29 is 10.2 Å². The van der Waals surface area contributed by atoms with E-state index in [1.165, 1.54) is 24.8 Å². The minimum absolute atomic E-state index is 0.187. The third kappa shape index (κ3) is 2.88. The second-order valence-corrected chi connectivity index (χ2v) is 7.41. The molecule has 0 radical (unpaired) electrons. The van der Waals surface area contributed by atoms with Crippen LogP contribution in [0.5, 0.6) is 0 Å². The molecule has 0 bridgehead atoms. The Kier molecular flexibility index (Phi) is 4.30. The van der Waals surface area contributed by atoms with E-state index in [0.717, 1.165) is 44.4 Å². The maximum atomic E-state index is 10.6. The summed E-state index contributed by atoms with van der Waals surface area (Å²) in [7, 11) is 0. The van der Waals surface area contributed by atoms with Gasteiger partial charge in [0.2, 0.25) is 0 Å². The van der Waals surface area contributed by atoms with E-state index in [9.17, 15) is 10.2 Å². The van der Waals surface area contributed by atoms with Crippen LogP contribution in [0.3, 0.4) is 0 Å². The Balaban J connectivity index is 1.39. The van der Waals surface area contributed by atoms with E-state index in [-0.39, 0.29) is 18.1 Å². The van der Waals surface area contributed by atoms with Crippen molar-refractivity contribution in [2.24, 2.45) is 16.9 Å². The van der Waals surface area contributed by atoms with Crippen molar-refractivity contribution in [3.05, 3.63) is 11.6 Å². The molecule has 5 unspecified atom stereocenters. The zero-order chi connectivity index (χ0) is 15.8. The topological polar surface area (TPSA) is 80.1 Å². The number of fused-ring (bicyclic) bond motifs is 1. The third-order valence-electron chi connectivity index (χ3n) is 5.95. The summed E-state index contributed by atoms with van der Waals surface area (Å²) in [6.07, 6.45) is 10.9. The van der Waals surface area contributed by atoms with Crippen LogP contribution >= 0.6 is 0 Å². The number of aliphatic hydroxyl groups excluding tert-OH is 2. The van der Waals surface area contributed by atoms with Gasteiger partial charge in [-0.3, -0.25) is 5.43 Å². The van der Waals surface area contributed by atoms with Gasteiger partial charge < -0.3 is 15.5 Å². The highest BCUT2D eigenvalue weighted by atomic mass is 16.3. The van der Waals surface area contributed by atoms with Gasteiger partial charge in [-0.1, -0.05) is 24.5 Å². The fourth-order valence-corrected chi connectivity index (χ4v) is 4.71. The Bertz CT molecular complexity index is 489. The predicted molar refractivity (Wildman–Crippen MR) is 88.0 cm³/mol. The molecule has 0 aromatic rings. The van der Waals surface area contributed by atoms with Crippen LogP contribution < -0.4 is 10.7 Å². The molecule has 6 heteroatoms. The van der Waals surface area contributed by atoms with Gasteiger partial charge >= 0.3 is 0 Å². The van der Waals surface area contributed by atoms with Crippen molar-refractivity contribution in [2.45, 2.75) is 76.5 Å². The standard InChI is InChI=1S/C17H28N4O2/c22-15-12-8-4-5-9-13(12)16(23)21(15)17-18-14(19-20-17)10-11-6-2-1-3-7-11/h6,12-13,15-17,20,22-23H,1-5,7-10H2,(H,18,19). The quantitative estimate of drug-likeness (QED) is 0.592. The number of likely N-dealkylation sites (tertiary alicyclic amines) is 1. The van der Waals surface area contributed by atoms with Crippen LogP contribution in [0.2, 0.25) is 0 Å². The summed E-state index contributed by atoms with van der Waals surface area (Å²) in [5.74, 6) is 1.29. The zero-order valence-corrected chi connectivity index (χ0v) is 13.6. The van der Waals surface area contributed by atoms with Crippen molar-refractivity contribution in [1.29, 1.82) is 0 Å². The molecule has 2 aliphatic heterocycles. The van der Waals surface area contributed by atoms with Gasteiger partial charge in [-0.2, -0.15) is 5.10 Å². The fraction of sp³-hybridized carbons (Fsp3) is 0.824. The van der Waals surface area contributed by atoms with Crippen molar-refractivity contribution in [3.8, 4) is 0 Å². The van der Waals surface area contributed by atoms with Gasteiger partial charge in [0.05, 0.1) is 0 Å². The smallest absolute Gasteiger partial charge is 0.175 e. The first-order valence-corrected chi connectivity index (χ1v) is 9.14. The summed E-state index contributed by atoms with van der Waals surface area (Å²) in [5, 5.41) is 29.0. The van der Waals surface area contributed by atoms with E-state index in [4.69, 9.17) is 0 Å². The SMILES string of the molecule is OC1C2CCCCC2C(O)N1C1NN=C(CC2=CCCCC2)N1. The molecule has 2 aliphatic carbocycles. The van der Waals surface area contributed by atoms with Gasteiger partial charge in [0.1, 0.15) is 18.3 Å². The molecule has 0 aromatic carbocycles. The Labute approximate surface area is 137 Å². The lowest BCUT2D eigenvalue weighted by atomic mass is 9.80. The van der Waals surface area contributed by atoms with Gasteiger partial charge in [0, 0.05) is 18.3 Å². The zero-order valence-electron chi connectivity index (χ0n) is 13.6. The maximum absolute atomic E-state index is 10.6. The lowest BCUT2D eigenvalue weighted by Crippen LogP contribution is -2.56. The van der Waals surface area contributed by atoms with E-state index in [1.807, 2.05) is 0 Å². The largest absolute Gasteiger partial charge is 0.378 e. The molecular weight excluding hydrogens is 292 g/mol. The Morgan fingerprint density at radius 3 is 2.48 bits per heavy atom. The van der Waals surface area contributed by atoms with Gasteiger partial charge in [-0.15, -0.1) is 0 Å². The maximum Gasteiger partial charge on any atom is 0.175 e. The molecule has 6 nitrogen and oxygen atoms in total. The van der Waals surface area contributed by atoms with E-state index in [2.05, 4.69) is 21.9 Å². The molecule has 0 amide bonds. The minimum Gasteiger partial charge on any atom is -0.378 e. The molecule has 4 rings (SSSR count). The summed E-state index contributed by atoms with van der Waals surface area (Å²) in [5.41, 5.74) is 4.51. The van der Waals surface area contributed by atoms with Crippen LogP contribution in [-0.4, -0.2) is 39.7 Å². The average molecular weight is 320 g/mol. The second-order valence-electron chi connectivity index (χ2n) is 7.41. The highest BCUT2D eigenvalue weighted by molar-refractivity contribution is 5.85. The molecule has 1 saturated heterocycles. The normalized spacial score (nSPS) is 40.9. The molecule has 2 fully saturated rings. The number of aliphatic hydroxyl groups is 2. The molecule has 4 aliphatic rings. The van der Waals surface area contributed by atoms with Crippen LogP contribution in [-0.2, 0) is 0 Å². The van der Waals surface area contributed by atoms with Crippen molar-refractivity contribution in [2.75, 3.05) is 0 Å². The van der Waals surface area contributed by atoms with Crippen molar-refractivity contribution >= 4 is 5.84 Å². The van der Waals surface area contributed by atoms with Gasteiger partial charge in [-0.25, -0.2) is 4.90 Å². The van der Waals surface area contributed by atoms with E-state index < -0.39 is 12.5 Å². The van der Waals surface area contributed by atoms with Gasteiger partial charge in [0.25, 0.3) is 0 Å². The number of nitrogens with zero attached hydrogens (tertiary/aromatic N) is 2. The molecule has 1 saturated carbocycles. The van der Waals surface area contributed by atoms with Gasteiger partial charge in [-0.05, 0) is 38.5 Å². The van der Waals surface area contributed by atoms with Crippen molar-refractivity contribution in [1.82, 2.24) is 15.6 Å². The molecule has 128 valence electrons. The summed E-state index contributed by atoms with van der Waals surface area (Å²) < 4.78 is 0. The van der Waals surface area contributed by atoms with E-state index in [0.29, 0.717) is 0 Å². The molecule has 2 heterocycles. The third-order valence-corrected chi connectivity index (χ3v) is 5.95. The molecule has 23 heavy (non-hydrogen) atoms. The lowest BCUT2D eigenvalue weighted by Gasteiger charge is -2.31. The van der Waals surface area contributed by atoms with Crippen LogP contribution in [0.4, 0.5) is 0 Å². The summed E-state index contributed by atoms with van der Waals surface area (Å²) in [6.45, 7) is 0. The Morgan fingerprint density at radius 1 is 1.09 bits per heavy atom. The number of hydrogen-bond donors (Lipinski definition) is 4. The number of allylic oxidation sites excluding steroid dienone is 1. The van der Waals surface area contributed by atoms with Gasteiger partial charge in [0.15, 0.2) is 6.29 Å². The minimum atomic E-state index is -0.594. The fourth-order valence-electron chi connectivity index (χ4n) is 4.71. The molecule has 0 aromatic heterocycles. The Morgan fingerprint density at radius 2 is 1.83 bits per heavy atom. The van der Waals surface area contributed by atoms with Crippen LogP contribution in [0.1, 0.15) is 57.8 Å². The Hall–Kier alpha value is -1.11. The molecule has 5 atom stereocenters. The first-order chi connectivity index (χ1) is 11.2. The van der Waals surface area contributed by atoms with Crippen LogP contribution in [0, 0.1) is 11.8 Å². The average Bonchev–Trinajstić information content (AvgIpc) is 3.12. The van der Waals surface area contributed by atoms with E-state index in [1.54, 1.807) is 4.90 Å². The first-order valence-electron chi connectivity index (χ1n) is 9.14. The molecule has 4 N–H and O–H groups in total. The summed E-state index contributed by atoms with van der Waals surface area (Å²) in [6, 6.07) is 0. The molecular formula is C17H28N4O2. The van der Waals surface area contributed by atoms with Crippen LogP contribution in [0.15, 0.2) is 16.8 Å². The first kappa shape index (κ1) is 15.4. The number of rotatable bonds is 3. The number of nitrogens with one attached hydrogen (secondary N) is 2. The highest BCUT2D eigenvalue weighted by Gasteiger charge is 2.51. The van der Waals surface area contributed by atoms with Crippen LogP contribution in [0.25, 0.3) is 0 Å². The van der Waals surface area contributed by atoms with E-state index >= 15 is 0 Å². The number of hydrogen-bond acceptors (Lipinski definition) is 6. The monoisotopic (exact) mass is 320 g/mol. The summed E-state index contributed by atoms with van der Waals surface area (Å²) >= 11 is 0. The number of amidine groups is 1. The molecule has 0 spiro atoms. The lowest BCUT2D eigenvalue weighted by molar-refractivity contribution is -0.101. The predicted octanol–water partition coefficient (Wildman–Crippen LogP) is 1.43. The summed E-state index contributed by atoms with van der Waals surface area (Å²) in [4.78, 5) is 1.77. The highest BCUT2D eigenvalue weighted by Crippen LogP contribution is 2.43. The number of hydrazone groups is 1.